The number of carbonyl (C=O) groups excluding carboxylic acids is 2. The molecule has 0 saturated carbocycles. The van der Waals surface area contributed by atoms with Gasteiger partial charge in [0.15, 0.2) is 0 Å². The first-order chi connectivity index (χ1) is 11.6. The number of piperidine rings is 1. The number of rotatable bonds is 4. The molecule has 3 rings (SSSR count). The quantitative estimate of drug-likeness (QED) is 0.850. The monoisotopic (exact) mass is 328 g/mol. The van der Waals surface area contributed by atoms with Crippen LogP contribution in [0.25, 0.3) is 0 Å². The maximum Gasteiger partial charge on any atom is 0.228 e. The summed E-state index contributed by atoms with van der Waals surface area (Å²) in [7, 11) is 0. The third kappa shape index (κ3) is 3.33. The predicted octanol–water partition coefficient (Wildman–Crippen LogP) is 3.39. The van der Waals surface area contributed by atoms with E-state index in [0.29, 0.717) is 19.0 Å². The van der Waals surface area contributed by atoms with Crippen LogP contribution in [0.2, 0.25) is 0 Å². The van der Waals surface area contributed by atoms with Crippen LogP contribution in [-0.2, 0) is 16.0 Å². The van der Waals surface area contributed by atoms with E-state index in [9.17, 15) is 9.59 Å². The normalized spacial score (nSPS) is 24.5. The number of benzene rings is 1. The van der Waals surface area contributed by atoms with E-state index in [1.807, 2.05) is 17.0 Å². The van der Waals surface area contributed by atoms with Crippen LogP contribution in [0.15, 0.2) is 24.3 Å². The topological polar surface area (TPSA) is 40.6 Å². The van der Waals surface area contributed by atoms with Crippen molar-refractivity contribution in [3.8, 4) is 0 Å². The standard InChI is InChI=1S/C20H28N2O2/c1-3-15-8-10-18(11-9-15)22-14-16(13-19(22)23)20(24)21-12-6-5-7-17(21)4-2/h8-11,16-17H,3-7,12-14H2,1-2H3/t16-,17-/m0/s1. The molecular formula is C20H28N2O2. The van der Waals surface area contributed by atoms with Crippen LogP contribution in [-0.4, -0.2) is 35.8 Å². The summed E-state index contributed by atoms with van der Waals surface area (Å²) in [5.74, 6) is 0.0701. The van der Waals surface area contributed by atoms with Crippen LogP contribution in [0.1, 0.15) is 51.5 Å². The molecule has 0 aromatic heterocycles. The molecule has 2 amide bonds. The lowest BCUT2D eigenvalue weighted by molar-refractivity contribution is -0.139. The first-order valence-electron chi connectivity index (χ1n) is 9.33. The van der Waals surface area contributed by atoms with Crippen molar-refractivity contribution in [1.82, 2.24) is 4.90 Å². The van der Waals surface area contributed by atoms with Gasteiger partial charge in [-0.2, -0.15) is 0 Å². The molecule has 0 aliphatic carbocycles. The van der Waals surface area contributed by atoms with Gasteiger partial charge in [-0.25, -0.2) is 0 Å². The molecule has 2 heterocycles. The fourth-order valence-electron chi connectivity index (χ4n) is 3.98. The Morgan fingerprint density at radius 1 is 1.17 bits per heavy atom. The number of amides is 2. The minimum atomic E-state index is -0.185. The third-order valence-corrected chi connectivity index (χ3v) is 5.51. The largest absolute Gasteiger partial charge is 0.339 e. The van der Waals surface area contributed by atoms with Gasteiger partial charge in [0, 0.05) is 31.2 Å². The van der Waals surface area contributed by atoms with E-state index in [2.05, 4.69) is 26.0 Å². The molecule has 1 aromatic carbocycles. The molecule has 2 saturated heterocycles. The molecule has 0 bridgehead atoms. The van der Waals surface area contributed by atoms with E-state index in [1.165, 1.54) is 12.0 Å². The molecule has 4 nitrogen and oxygen atoms in total. The number of hydrogen-bond donors (Lipinski definition) is 0. The average Bonchev–Trinajstić information content (AvgIpc) is 3.03. The summed E-state index contributed by atoms with van der Waals surface area (Å²) in [6, 6.07) is 8.49. The summed E-state index contributed by atoms with van der Waals surface area (Å²) in [4.78, 5) is 29.2. The highest BCUT2D eigenvalue weighted by molar-refractivity contribution is 6.00. The van der Waals surface area contributed by atoms with Crippen LogP contribution >= 0.6 is 0 Å². The summed E-state index contributed by atoms with van der Waals surface area (Å²) in [6.45, 7) is 5.65. The Kier molecular flexibility index (Phi) is 5.22. The third-order valence-electron chi connectivity index (χ3n) is 5.51. The minimum Gasteiger partial charge on any atom is -0.339 e. The molecule has 4 heteroatoms. The molecule has 0 unspecified atom stereocenters. The van der Waals surface area contributed by atoms with Crippen LogP contribution in [0.3, 0.4) is 0 Å². The summed E-state index contributed by atoms with van der Waals surface area (Å²) < 4.78 is 0. The highest BCUT2D eigenvalue weighted by atomic mass is 16.2. The number of likely N-dealkylation sites (tertiary alicyclic amines) is 1. The van der Waals surface area contributed by atoms with E-state index < -0.39 is 0 Å². The van der Waals surface area contributed by atoms with Crippen molar-refractivity contribution in [2.75, 3.05) is 18.0 Å². The van der Waals surface area contributed by atoms with Crippen molar-refractivity contribution < 1.29 is 9.59 Å². The van der Waals surface area contributed by atoms with Crippen molar-refractivity contribution in [2.24, 2.45) is 5.92 Å². The van der Waals surface area contributed by atoms with Gasteiger partial charge >= 0.3 is 0 Å². The molecule has 0 N–H and O–H groups in total. The number of hydrogen-bond acceptors (Lipinski definition) is 2. The number of anilines is 1. The molecular weight excluding hydrogens is 300 g/mol. The molecule has 24 heavy (non-hydrogen) atoms. The van der Waals surface area contributed by atoms with Gasteiger partial charge in [0.25, 0.3) is 0 Å². The van der Waals surface area contributed by atoms with E-state index in [-0.39, 0.29) is 17.7 Å². The Balaban J connectivity index is 1.70. The van der Waals surface area contributed by atoms with Gasteiger partial charge in [-0.3, -0.25) is 9.59 Å². The Labute approximate surface area is 144 Å². The Morgan fingerprint density at radius 3 is 2.58 bits per heavy atom. The van der Waals surface area contributed by atoms with Gasteiger partial charge in [-0.05, 0) is 49.8 Å². The molecule has 2 fully saturated rings. The maximum absolute atomic E-state index is 12.9. The first-order valence-corrected chi connectivity index (χ1v) is 9.33. The SMILES string of the molecule is CCc1ccc(N2C[C@@H](C(=O)N3CCCC[C@@H]3CC)CC2=O)cc1. The second-order valence-corrected chi connectivity index (χ2v) is 7.01. The number of aryl methyl sites for hydroxylation is 1. The lowest BCUT2D eigenvalue weighted by Crippen LogP contribution is -2.46. The highest BCUT2D eigenvalue weighted by Gasteiger charge is 2.39. The second kappa shape index (κ2) is 7.37. The van der Waals surface area contributed by atoms with Gasteiger partial charge in [0.1, 0.15) is 0 Å². The highest BCUT2D eigenvalue weighted by Crippen LogP contribution is 2.29. The smallest absolute Gasteiger partial charge is 0.228 e. The Hall–Kier alpha value is -1.84. The van der Waals surface area contributed by atoms with E-state index in [1.54, 1.807) is 4.90 Å². The molecule has 2 atom stereocenters. The molecule has 0 spiro atoms. The lowest BCUT2D eigenvalue weighted by Gasteiger charge is -2.36. The number of carbonyl (C=O) groups is 2. The zero-order valence-electron chi connectivity index (χ0n) is 14.8. The van der Waals surface area contributed by atoms with E-state index >= 15 is 0 Å². The summed E-state index contributed by atoms with van der Waals surface area (Å²) in [6.07, 6.45) is 5.75. The zero-order chi connectivity index (χ0) is 17.1. The second-order valence-electron chi connectivity index (χ2n) is 7.01. The summed E-state index contributed by atoms with van der Waals surface area (Å²) in [5, 5.41) is 0. The van der Waals surface area contributed by atoms with E-state index in [0.717, 1.165) is 37.9 Å². The molecule has 2 aliphatic rings. The van der Waals surface area contributed by atoms with Crippen LogP contribution in [0, 0.1) is 5.92 Å². The average molecular weight is 328 g/mol. The van der Waals surface area contributed by atoms with Crippen LogP contribution in [0.4, 0.5) is 5.69 Å². The van der Waals surface area contributed by atoms with Crippen molar-refractivity contribution in [2.45, 2.75) is 58.4 Å². The lowest BCUT2D eigenvalue weighted by atomic mass is 9.97. The molecule has 1 aromatic rings. The van der Waals surface area contributed by atoms with Gasteiger partial charge in [0.2, 0.25) is 11.8 Å². The number of nitrogens with zero attached hydrogens (tertiary/aromatic N) is 2. The molecule has 0 radical (unpaired) electrons. The van der Waals surface area contributed by atoms with Crippen molar-refractivity contribution >= 4 is 17.5 Å². The van der Waals surface area contributed by atoms with Crippen molar-refractivity contribution in [3.63, 3.8) is 0 Å². The van der Waals surface area contributed by atoms with Gasteiger partial charge in [-0.1, -0.05) is 26.0 Å². The molecule has 2 aliphatic heterocycles. The predicted molar refractivity (Wildman–Crippen MR) is 95.9 cm³/mol. The van der Waals surface area contributed by atoms with Gasteiger partial charge in [0.05, 0.1) is 5.92 Å². The molecule has 130 valence electrons. The zero-order valence-corrected chi connectivity index (χ0v) is 14.8. The summed E-state index contributed by atoms with van der Waals surface area (Å²) in [5.41, 5.74) is 2.18. The summed E-state index contributed by atoms with van der Waals surface area (Å²) >= 11 is 0. The van der Waals surface area contributed by atoms with Crippen molar-refractivity contribution in [1.29, 1.82) is 0 Å². The Morgan fingerprint density at radius 2 is 1.92 bits per heavy atom. The van der Waals surface area contributed by atoms with Crippen molar-refractivity contribution in [3.05, 3.63) is 29.8 Å². The first kappa shape index (κ1) is 17.0. The van der Waals surface area contributed by atoms with Gasteiger partial charge < -0.3 is 9.80 Å². The van der Waals surface area contributed by atoms with Crippen LogP contribution in [0.5, 0.6) is 0 Å². The van der Waals surface area contributed by atoms with Gasteiger partial charge in [-0.15, -0.1) is 0 Å². The Bertz CT molecular complexity index is 596. The minimum absolute atomic E-state index is 0.0719. The fourth-order valence-corrected chi connectivity index (χ4v) is 3.98. The maximum atomic E-state index is 12.9. The van der Waals surface area contributed by atoms with Crippen LogP contribution < -0.4 is 4.90 Å². The fraction of sp³-hybridized carbons (Fsp3) is 0.600. The van der Waals surface area contributed by atoms with E-state index in [4.69, 9.17) is 0 Å².